The molecule has 2 heterocycles. The van der Waals surface area contributed by atoms with E-state index in [0.29, 0.717) is 0 Å². The molecule has 1 N–H and O–H groups in total. The third kappa shape index (κ3) is 5.61. The molecule has 0 aromatic heterocycles. The van der Waals surface area contributed by atoms with Crippen LogP contribution in [0.15, 0.2) is 114 Å². The Balaban J connectivity index is 1.45. The molecule has 3 aromatic rings. The number of carbonyl (C=O) groups is 3. The van der Waals surface area contributed by atoms with Crippen LogP contribution in [0, 0.1) is 0 Å². The number of aromatic carboxylic acids is 2. The molecular formula is C41H41N3O5. The van der Waals surface area contributed by atoms with Gasteiger partial charge in [0.1, 0.15) is 7.05 Å². The number of nitrogens with zero attached hydrogens (tertiary/aromatic N) is 3. The Morgan fingerprint density at radius 2 is 1.55 bits per heavy atom. The van der Waals surface area contributed by atoms with E-state index in [2.05, 4.69) is 61.5 Å². The summed E-state index contributed by atoms with van der Waals surface area (Å²) in [4.78, 5) is 40.7. The number of rotatable bonds is 7. The molecule has 0 bridgehead atoms. The first-order valence-electron chi connectivity index (χ1n) is 16.4. The molecule has 49 heavy (non-hydrogen) atoms. The van der Waals surface area contributed by atoms with Crippen LogP contribution in [-0.4, -0.2) is 47.3 Å². The van der Waals surface area contributed by atoms with Crippen LogP contribution in [0.25, 0.3) is 0 Å². The average molecular weight is 656 g/mol. The van der Waals surface area contributed by atoms with Crippen LogP contribution in [0.3, 0.4) is 0 Å². The van der Waals surface area contributed by atoms with Gasteiger partial charge in [-0.05, 0) is 91.4 Å². The maximum absolute atomic E-state index is 13.4. The second kappa shape index (κ2) is 12.2. The second-order valence-electron chi connectivity index (χ2n) is 14.0. The van der Waals surface area contributed by atoms with E-state index in [0.717, 1.165) is 69.3 Å². The number of carboxylic acids is 2. The van der Waals surface area contributed by atoms with Crippen LogP contribution >= 0.6 is 0 Å². The van der Waals surface area contributed by atoms with Crippen molar-refractivity contribution in [2.75, 3.05) is 23.9 Å². The number of hydrogen-bond donors (Lipinski definition) is 1. The predicted molar refractivity (Wildman–Crippen MR) is 191 cm³/mol. The van der Waals surface area contributed by atoms with Crippen molar-refractivity contribution in [1.82, 2.24) is 0 Å². The third-order valence-corrected chi connectivity index (χ3v) is 10.3. The number of amides is 1. The predicted octanol–water partition coefficient (Wildman–Crippen LogP) is 6.65. The molecule has 0 saturated carbocycles. The normalized spacial score (nSPS) is 19.3. The first-order valence-corrected chi connectivity index (χ1v) is 16.4. The highest BCUT2D eigenvalue weighted by atomic mass is 16.4. The van der Waals surface area contributed by atoms with Crippen molar-refractivity contribution in [2.45, 2.75) is 58.3 Å². The molecule has 0 unspecified atom stereocenters. The van der Waals surface area contributed by atoms with Crippen LogP contribution in [0.2, 0.25) is 0 Å². The average Bonchev–Trinajstić information content (AvgIpc) is 3.60. The van der Waals surface area contributed by atoms with Crippen molar-refractivity contribution in [3.8, 4) is 0 Å². The van der Waals surface area contributed by atoms with Gasteiger partial charge in [0.2, 0.25) is 11.6 Å². The lowest BCUT2D eigenvalue weighted by Gasteiger charge is -2.26. The van der Waals surface area contributed by atoms with Gasteiger partial charge in [-0.25, -0.2) is 4.79 Å². The minimum Gasteiger partial charge on any atom is -0.545 e. The molecule has 0 radical (unpaired) electrons. The lowest BCUT2D eigenvalue weighted by atomic mass is 9.80. The number of carbonyl (C=O) groups excluding carboxylic acids is 2. The molecule has 0 saturated heterocycles. The number of likely N-dealkylation sites (N-methyl/N-ethyl adjacent to an activating group) is 1. The SMILES string of the molecule is CC(=O)N(C1=C(C=CC2=[N+](C)c3ccc(C(=O)O)cc3C2(C)C)CCC1=CC=C1N(C)c2ccc(C(=O)[O-])cc2C1(C)C)c1ccccc1. The van der Waals surface area contributed by atoms with E-state index in [1.54, 1.807) is 36.1 Å². The standard InChI is InChI=1S/C41H41N3O5/c1-25(45)44(30-11-9-8-10-12-30)37-26(17-21-35-40(2,3)31-23-28(38(46)47)15-19-33(31)42(35)6)13-14-27(37)18-22-36-41(4,5)32-24-29(39(48)49)16-20-34(32)43(36)7/h8-12,15-24H,13-14H2,1-7H3,(H-,46,47,48,49). The monoisotopic (exact) mass is 655 g/mol. The Kier molecular flexibility index (Phi) is 8.31. The Labute approximate surface area is 287 Å². The number of benzene rings is 3. The first kappa shape index (κ1) is 33.4. The van der Waals surface area contributed by atoms with Gasteiger partial charge in [-0.2, -0.15) is 4.58 Å². The Hall–Kier alpha value is -5.50. The van der Waals surface area contributed by atoms with Gasteiger partial charge >= 0.3 is 5.97 Å². The topological polar surface area (TPSA) is 104 Å². The van der Waals surface area contributed by atoms with Gasteiger partial charge in [0.05, 0.1) is 22.6 Å². The zero-order chi connectivity index (χ0) is 35.4. The molecule has 3 aromatic carbocycles. The summed E-state index contributed by atoms with van der Waals surface area (Å²) in [5.74, 6) is -2.26. The van der Waals surface area contributed by atoms with E-state index in [1.807, 2.05) is 56.6 Å². The number of para-hydroxylation sites is 1. The van der Waals surface area contributed by atoms with E-state index in [-0.39, 0.29) is 17.0 Å². The Bertz CT molecular complexity index is 2080. The summed E-state index contributed by atoms with van der Waals surface area (Å²) in [6.07, 6.45) is 9.82. The molecule has 0 atom stereocenters. The molecule has 250 valence electrons. The molecule has 0 fully saturated rings. The molecule has 0 spiro atoms. The highest BCUT2D eigenvalue weighted by Crippen LogP contribution is 2.48. The van der Waals surface area contributed by atoms with Crippen molar-refractivity contribution >= 4 is 40.6 Å². The summed E-state index contributed by atoms with van der Waals surface area (Å²) in [5.41, 5.74) is 8.94. The molecule has 1 aliphatic carbocycles. The maximum atomic E-state index is 13.4. The summed E-state index contributed by atoms with van der Waals surface area (Å²) in [5, 5.41) is 21.3. The minimum absolute atomic E-state index is 0.104. The molecule has 2 aliphatic heterocycles. The lowest BCUT2D eigenvalue weighted by Crippen LogP contribution is -2.29. The maximum Gasteiger partial charge on any atom is 0.335 e. The lowest BCUT2D eigenvalue weighted by molar-refractivity contribution is -0.401. The number of carboxylic acid groups (broad SMARTS) is 2. The fourth-order valence-corrected chi connectivity index (χ4v) is 7.66. The number of anilines is 2. The fourth-order valence-electron chi connectivity index (χ4n) is 7.66. The summed E-state index contributed by atoms with van der Waals surface area (Å²) in [6, 6.07) is 20.0. The Morgan fingerprint density at radius 1 is 0.878 bits per heavy atom. The van der Waals surface area contributed by atoms with Gasteiger partial charge in [0.15, 0.2) is 5.71 Å². The molecule has 8 nitrogen and oxygen atoms in total. The molecular weight excluding hydrogens is 614 g/mol. The van der Waals surface area contributed by atoms with Gasteiger partial charge in [0.25, 0.3) is 0 Å². The van der Waals surface area contributed by atoms with E-state index < -0.39 is 22.8 Å². The van der Waals surface area contributed by atoms with Crippen LogP contribution in [0.4, 0.5) is 17.1 Å². The molecule has 8 heteroatoms. The highest BCUT2D eigenvalue weighted by molar-refractivity contribution is 6.04. The minimum atomic E-state index is -1.20. The third-order valence-electron chi connectivity index (χ3n) is 10.3. The van der Waals surface area contributed by atoms with Crippen molar-refractivity contribution in [1.29, 1.82) is 0 Å². The smallest absolute Gasteiger partial charge is 0.335 e. The zero-order valence-corrected chi connectivity index (χ0v) is 29.0. The van der Waals surface area contributed by atoms with Gasteiger partial charge in [-0.3, -0.25) is 9.69 Å². The molecule has 1 amide bonds. The zero-order valence-electron chi connectivity index (χ0n) is 29.0. The first-order chi connectivity index (χ1) is 23.1. The van der Waals surface area contributed by atoms with Crippen molar-refractivity contribution in [2.24, 2.45) is 0 Å². The number of fused-ring (bicyclic) bond motifs is 2. The van der Waals surface area contributed by atoms with E-state index in [4.69, 9.17) is 0 Å². The van der Waals surface area contributed by atoms with Crippen molar-refractivity contribution < 1.29 is 29.2 Å². The second-order valence-corrected chi connectivity index (χ2v) is 14.0. The number of allylic oxidation sites excluding steroid dienone is 7. The van der Waals surface area contributed by atoms with Gasteiger partial charge < -0.3 is 19.9 Å². The summed E-state index contributed by atoms with van der Waals surface area (Å²) in [7, 11) is 3.98. The van der Waals surface area contributed by atoms with E-state index in [9.17, 15) is 24.6 Å². The van der Waals surface area contributed by atoms with Crippen LogP contribution < -0.4 is 14.9 Å². The van der Waals surface area contributed by atoms with Gasteiger partial charge in [-0.1, -0.05) is 50.3 Å². The summed E-state index contributed by atoms with van der Waals surface area (Å²) in [6.45, 7) is 9.94. The molecule has 3 aliphatic rings. The van der Waals surface area contributed by atoms with Crippen molar-refractivity contribution in [3.63, 3.8) is 0 Å². The van der Waals surface area contributed by atoms with Crippen LogP contribution in [0.5, 0.6) is 0 Å². The van der Waals surface area contributed by atoms with E-state index >= 15 is 0 Å². The van der Waals surface area contributed by atoms with Crippen molar-refractivity contribution in [3.05, 3.63) is 136 Å². The molecule has 6 rings (SSSR count). The van der Waals surface area contributed by atoms with E-state index in [1.165, 1.54) is 0 Å². The highest BCUT2D eigenvalue weighted by Gasteiger charge is 2.44. The van der Waals surface area contributed by atoms with Gasteiger partial charge in [-0.15, -0.1) is 0 Å². The van der Waals surface area contributed by atoms with Gasteiger partial charge in [0, 0.05) is 54.2 Å². The summed E-state index contributed by atoms with van der Waals surface area (Å²) >= 11 is 0. The Morgan fingerprint density at radius 3 is 2.20 bits per heavy atom. The van der Waals surface area contributed by atoms with Crippen LogP contribution in [-0.2, 0) is 15.6 Å². The van der Waals surface area contributed by atoms with Crippen LogP contribution in [0.1, 0.15) is 79.3 Å². The number of hydrogen-bond acceptors (Lipinski definition) is 5. The fraction of sp³-hybridized carbons (Fsp3) is 0.268. The summed E-state index contributed by atoms with van der Waals surface area (Å²) < 4.78 is 2.11. The quantitative estimate of drug-likeness (QED) is 0.286. The largest absolute Gasteiger partial charge is 0.545 e.